The number of nitrogens with zero attached hydrogens (tertiary/aromatic N) is 3. The monoisotopic (exact) mass is 828 g/mol. The first kappa shape index (κ1) is 52.9. The number of terminal acetylenes is 2. The van der Waals surface area contributed by atoms with Crippen LogP contribution in [0, 0.1) is 25.7 Å². The molecule has 0 bridgehead atoms. The number of alkyl carbamates (subject to hydrolysis) is 1. The van der Waals surface area contributed by atoms with Gasteiger partial charge in [-0.2, -0.15) is 0 Å². The van der Waals surface area contributed by atoms with Crippen molar-refractivity contribution in [2.45, 2.75) is 73.8 Å². The molecule has 2 aromatic heterocycles. The zero-order chi connectivity index (χ0) is 44.9. The number of aromatic amines is 1. The Kier molecular flexibility index (Phi) is 27.0. The van der Waals surface area contributed by atoms with E-state index in [4.69, 9.17) is 0 Å². The van der Waals surface area contributed by atoms with E-state index in [2.05, 4.69) is 119 Å². The molecule has 0 atom stereocenters. The molecule has 13 nitrogen and oxygen atoms in total. The highest BCUT2D eigenvalue weighted by atomic mass is 32.1. The summed E-state index contributed by atoms with van der Waals surface area (Å²) in [5.41, 5.74) is 8.90. The SMILES string of the molecule is C#C.C#C.C=C(CN(CCC)C(=O)CNC(=O)CC)N/C(=C\C)c1ccc2c(c1)sc1cc(-c3cnc(CN(CCC)C(=O)CNC(=O)OC)[nH]3)ccc12.CCC.CN. The Bertz CT molecular complexity index is 1990. The average molecular weight is 829 g/mol. The number of nitrogens with two attached hydrogens (primary N) is 1. The van der Waals surface area contributed by atoms with E-state index in [0.717, 1.165) is 55.5 Å². The Morgan fingerprint density at radius 2 is 1.44 bits per heavy atom. The smallest absolute Gasteiger partial charge is 0.407 e. The highest BCUT2D eigenvalue weighted by molar-refractivity contribution is 7.25. The van der Waals surface area contributed by atoms with Gasteiger partial charge >= 0.3 is 6.09 Å². The van der Waals surface area contributed by atoms with Crippen LogP contribution in [0.1, 0.15) is 78.6 Å². The Labute approximate surface area is 355 Å². The van der Waals surface area contributed by atoms with Crippen LogP contribution in [0.2, 0.25) is 0 Å². The molecule has 320 valence electrons. The molecule has 0 saturated carbocycles. The maximum atomic E-state index is 12.8. The molecule has 0 aliphatic rings. The quantitative estimate of drug-likeness (QED) is 0.0692. The van der Waals surface area contributed by atoms with Crippen molar-refractivity contribution in [1.29, 1.82) is 0 Å². The molecule has 59 heavy (non-hydrogen) atoms. The Morgan fingerprint density at radius 3 is 2.02 bits per heavy atom. The van der Waals surface area contributed by atoms with Gasteiger partial charge < -0.3 is 41.2 Å². The van der Waals surface area contributed by atoms with E-state index in [1.165, 1.54) is 20.6 Å². The average Bonchev–Trinajstić information content (AvgIpc) is 3.89. The van der Waals surface area contributed by atoms with E-state index in [0.29, 0.717) is 44.1 Å². The van der Waals surface area contributed by atoms with Crippen LogP contribution in [0.4, 0.5) is 4.79 Å². The minimum Gasteiger partial charge on any atom is -0.453 e. The number of allylic oxidation sites excluding steroid dienone is 1. The summed E-state index contributed by atoms with van der Waals surface area (Å²) in [5, 5.41) is 10.8. The molecular formula is C45H64N8O5S. The van der Waals surface area contributed by atoms with E-state index in [9.17, 15) is 19.2 Å². The molecule has 0 saturated heterocycles. The fourth-order valence-electron chi connectivity index (χ4n) is 5.52. The summed E-state index contributed by atoms with van der Waals surface area (Å²) in [6, 6.07) is 12.7. The lowest BCUT2D eigenvalue weighted by molar-refractivity contribution is -0.132. The lowest BCUT2D eigenvalue weighted by Crippen LogP contribution is -2.42. The largest absolute Gasteiger partial charge is 0.453 e. The van der Waals surface area contributed by atoms with Gasteiger partial charge in [-0.05, 0) is 44.5 Å². The zero-order valence-corrected chi connectivity index (χ0v) is 36.9. The number of ether oxygens (including phenoxy) is 1. The van der Waals surface area contributed by atoms with Crippen molar-refractivity contribution < 1.29 is 23.9 Å². The minimum absolute atomic E-state index is 0.0292. The van der Waals surface area contributed by atoms with Crippen molar-refractivity contribution in [2.24, 2.45) is 5.73 Å². The second-order valence-electron chi connectivity index (χ2n) is 12.5. The predicted octanol–water partition coefficient (Wildman–Crippen LogP) is 7.26. The fourth-order valence-corrected chi connectivity index (χ4v) is 6.70. The number of benzene rings is 2. The van der Waals surface area contributed by atoms with Crippen molar-refractivity contribution in [3.8, 4) is 37.0 Å². The fraction of sp³-hybridized carbons (Fsp3) is 0.400. The summed E-state index contributed by atoms with van der Waals surface area (Å²) < 4.78 is 6.83. The number of amides is 4. The number of rotatable bonds is 17. The normalized spacial score (nSPS) is 10.1. The molecule has 0 unspecified atom stereocenters. The molecular weight excluding hydrogens is 765 g/mol. The number of imidazole rings is 1. The number of hydrogen-bond donors (Lipinski definition) is 5. The predicted molar refractivity (Wildman–Crippen MR) is 245 cm³/mol. The summed E-state index contributed by atoms with van der Waals surface area (Å²) in [4.78, 5) is 59.9. The van der Waals surface area contributed by atoms with Crippen molar-refractivity contribution in [1.82, 2.24) is 35.7 Å². The van der Waals surface area contributed by atoms with Crippen LogP contribution in [0.15, 0.2) is 60.9 Å². The summed E-state index contributed by atoms with van der Waals surface area (Å²) in [5.74, 6) is 0.136. The van der Waals surface area contributed by atoms with Crippen molar-refractivity contribution >= 4 is 61.0 Å². The van der Waals surface area contributed by atoms with Crippen LogP contribution in [0.25, 0.3) is 37.1 Å². The van der Waals surface area contributed by atoms with Crippen LogP contribution < -0.4 is 21.7 Å². The molecule has 0 aliphatic heterocycles. The minimum atomic E-state index is -0.650. The number of nitrogens with one attached hydrogen (secondary N) is 4. The van der Waals surface area contributed by atoms with Crippen molar-refractivity contribution in [3.63, 3.8) is 0 Å². The molecule has 0 radical (unpaired) electrons. The van der Waals surface area contributed by atoms with Gasteiger partial charge in [0.05, 0.1) is 38.6 Å². The molecule has 0 spiro atoms. The number of H-pyrrole nitrogens is 1. The van der Waals surface area contributed by atoms with Crippen LogP contribution in [-0.4, -0.2) is 90.5 Å². The third kappa shape index (κ3) is 17.1. The number of fused-ring (bicyclic) bond motifs is 3. The van der Waals surface area contributed by atoms with Gasteiger partial charge in [-0.1, -0.05) is 78.0 Å². The van der Waals surface area contributed by atoms with Crippen LogP contribution in [-0.2, 0) is 25.7 Å². The first-order valence-electron chi connectivity index (χ1n) is 19.5. The number of aromatic nitrogens is 2. The molecule has 2 heterocycles. The highest BCUT2D eigenvalue weighted by Gasteiger charge is 2.18. The van der Waals surface area contributed by atoms with Gasteiger partial charge in [0.1, 0.15) is 12.4 Å². The summed E-state index contributed by atoms with van der Waals surface area (Å²) in [6.07, 6.45) is 22.3. The van der Waals surface area contributed by atoms with Crippen LogP contribution in [0.3, 0.4) is 0 Å². The van der Waals surface area contributed by atoms with Gasteiger partial charge in [-0.3, -0.25) is 14.4 Å². The number of hydrogen-bond acceptors (Lipinski definition) is 9. The summed E-state index contributed by atoms with van der Waals surface area (Å²) in [7, 11) is 2.76. The Morgan fingerprint density at radius 1 is 0.881 bits per heavy atom. The molecule has 4 rings (SSSR count). The van der Waals surface area contributed by atoms with Crippen LogP contribution >= 0.6 is 11.3 Å². The third-order valence-electron chi connectivity index (χ3n) is 8.07. The number of thiophene rings is 1. The molecule has 4 amide bonds. The maximum absolute atomic E-state index is 12.8. The molecule has 0 aliphatic carbocycles. The Balaban J connectivity index is 0.00000347. The Hall–Kier alpha value is -6.09. The van der Waals surface area contributed by atoms with Gasteiger partial charge in [0.15, 0.2) is 0 Å². The van der Waals surface area contributed by atoms with E-state index in [1.54, 1.807) is 34.3 Å². The molecule has 14 heteroatoms. The highest BCUT2D eigenvalue weighted by Crippen LogP contribution is 2.37. The molecule has 6 N–H and O–H groups in total. The lowest BCUT2D eigenvalue weighted by atomic mass is 10.1. The molecule has 2 aromatic carbocycles. The van der Waals surface area contributed by atoms with Gasteiger partial charge in [0, 0.05) is 56.6 Å². The van der Waals surface area contributed by atoms with Gasteiger partial charge in [-0.15, -0.1) is 37.0 Å². The van der Waals surface area contributed by atoms with Gasteiger partial charge in [0.2, 0.25) is 17.7 Å². The summed E-state index contributed by atoms with van der Waals surface area (Å²) >= 11 is 1.70. The van der Waals surface area contributed by atoms with E-state index in [-0.39, 0.29) is 30.8 Å². The van der Waals surface area contributed by atoms with Crippen molar-refractivity contribution in [2.75, 3.05) is 46.9 Å². The van der Waals surface area contributed by atoms with E-state index in [1.807, 2.05) is 26.8 Å². The van der Waals surface area contributed by atoms with E-state index >= 15 is 0 Å². The number of methoxy groups -OCH3 is 1. The first-order valence-corrected chi connectivity index (χ1v) is 20.3. The topological polar surface area (TPSA) is 175 Å². The second-order valence-corrected chi connectivity index (χ2v) is 13.6. The van der Waals surface area contributed by atoms with E-state index < -0.39 is 6.09 Å². The van der Waals surface area contributed by atoms with Crippen LogP contribution in [0.5, 0.6) is 0 Å². The van der Waals surface area contributed by atoms with Crippen molar-refractivity contribution in [3.05, 3.63) is 72.3 Å². The maximum Gasteiger partial charge on any atom is 0.407 e. The lowest BCUT2D eigenvalue weighted by Gasteiger charge is -2.24. The first-order chi connectivity index (χ1) is 28.5. The number of carbonyl (C=O) groups excluding carboxylic acids is 4. The van der Waals surface area contributed by atoms with Gasteiger partial charge in [0.25, 0.3) is 0 Å². The number of carbonyl (C=O) groups is 4. The van der Waals surface area contributed by atoms with Gasteiger partial charge in [-0.25, -0.2) is 9.78 Å². The second kappa shape index (κ2) is 30.1. The standard InChI is InChI=1S/C37H47N7O5S.C3H8.2C2H2.CH5N/c1-7-15-43(35(46)20-39-34(45)10-4)22-24(5)41-29(9-3)25-11-13-27-28-14-12-26(18-32(28)50-31(27)17-25)30-19-38-33(42-30)23-44(16-8-2)36(47)21-40-37(48)49-6;1-3-2;3*1-2/h9,11-14,17-19,41H,5,7-8,10,15-16,20-23H2,1-4,6H3,(H,38,42)(H,39,45)(H,40,48);3H2,1-2H3;2*1-2H;2H2,1H3/b29-9-;;;;. The third-order valence-corrected chi connectivity index (χ3v) is 9.18. The molecule has 0 fully saturated rings. The zero-order valence-electron chi connectivity index (χ0n) is 36.1. The summed E-state index contributed by atoms with van der Waals surface area (Å²) in [6.45, 7) is 17.7. The molecule has 4 aromatic rings.